The normalized spacial score (nSPS) is 11.4. The minimum atomic E-state index is 0.876. The minimum absolute atomic E-state index is 0.876. The van der Waals surface area contributed by atoms with E-state index in [1.54, 1.807) is 6.20 Å². The van der Waals surface area contributed by atoms with Gasteiger partial charge in [-0.3, -0.25) is 0 Å². The van der Waals surface area contributed by atoms with Gasteiger partial charge in [0.2, 0.25) is 0 Å². The maximum Gasteiger partial charge on any atom is -0.000561 e. The van der Waals surface area contributed by atoms with Crippen LogP contribution in [0.2, 0.25) is 0 Å². The molecule has 0 heterocycles. The molecule has 0 spiro atoms. The van der Waals surface area contributed by atoms with E-state index < -0.39 is 0 Å². The Kier molecular flexibility index (Phi) is 3.39. The van der Waals surface area contributed by atoms with E-state index in [-0.39, 0.29) is 0 Å². The Hall–Kier alpha value is -2.02. The van der Waals surface area contributed by atoms with Crippen molar-refractivity contribution in [3.05, 3.63) is 78.0 Å². The predicted octanol–water partition coefficient (Wildman–Crippen LogP) is 3.23. The molecular formula is C15H15N. The fourth-order valence-corrected chi connectivity index (χ4v) is 1.73. The summed E-state index contributed by atoms with van der Waals surface area (Å²) in [6.45, 7) is 0. The van der Waals surface area contributed by atoms with Crippen molar-refractivity contribution in [1.29, 1.82) is 0 Å². The molecule has 0 fully saturated rings. The Labute approximate surface area is 96.2 Å². The molecule has 0 aliphatic heterocycles. The fraction of sp³-hybridized carbons (Fsp3) is 0.0667. The lowest BCUT2D eigenvalue weighted by molar-refractivity contribution is 1.27. The summed E-state index contributed by atoms with van der Waals surface area (Å²) in [5.74, 6) is 0. The Balaban J connectivity index is 2.20. The topological polar surface area (TPSA) is 26.0 Å². The number of allylic oxidation sites excluding steroid dienone is 1. The van der Waals surface area contributed by atoms with Gasteiger partial charge in [0.05, 0.1) is 0 Å². The summed E-state index contributed by atoms with van der Waals surface area (Å²) < 4.78 is 0. The zero-order chi connectivity index (χ0) is 11.2. The van der Waals surface area contributed by atoms with Crippen molar-refractivity contribution in [2.24, 2.45) is 5.73 Å². The highest BCUT2D eigenvalue weighted by Gasteiger charge is 2.01. The summed E-state index contributed by atoms with van der Waals surface area (Å²) in [5, 5.41) is 0. The number of benzene rings is 2. The van der Waals surface area contributed by atoms with E-state index in [1.807, 2.05) is 24.3 Å². The predicted molar refractivity (Wildman–Crippen MR) is 68.8 cm³/mol. The lowest BCUT2D eigenvalue weighted by Crippen LogP contribution is -1.94. The molecule has 2 aromatic carbocycles. The first-order valence-corrected chi connectivity index (χ1v) is 5.40. The molecule has 1 heteroatoms. The van der Waals surface area contributed by atoms with Crippen LogP contribution in [0.3, 0.4) is 0 Å². The summed E-state index contributed by atoms with van der Waals surface area (Å²) in [5.41, 5.74) is 9.32. The van der Waals surface area contributed by atoms with Gasteiger partial charge in [0.15, 0.2) is 0 Å². The van der Waals surface area contributed by atoms with Crippen LogP contribution in [0.25, 0.3) is 5.57 Å². The quantitative estimate of drug-likeness (QED) is 0.825. The monoisotopic (exact) mass is 209 g/mol. The molecule has 0 radical (unpaired) electrons. The second-order valence-electron chi connectivity index (χ2n) is 3.72. The molecule has 0 saturated heterocycles. The molecule has 16 heavy (non-hydrogen) atoms. The molecule has 0 atom stereocenters. The molecule has 2 aromatic rings. The Morgan fingerprint density at radius 3 is 2.00 bits per heavy atom. The lowest BCUT2D eigenvalue weighted by Gasteiger charge is -2.06. The standard InChI is InChI=1S/C15H15N/c16-12-15(14-9-5-2-6-10-14)11-13-7-3-1-4-8-13/h1-10,12H,11,16H2. The largest absolute Gasteiger partial charge is 0.404 e. The van der Waals surface area contributed by atoms with Crippen LogP contribution in [0.1, 0.15) is 11.1 Å². The van der Waals surface area contributed by atoms with Crippen molar-refractivity contribution in [2.75, 3.05) is 0 Å². The number of nitrogens with two attached hydrogens (primary N) is 1. The Morgan fingerprint density at radius 2 is 1.44 bits per heavy atom. The van der Waals surface area contributed by atoms with E-state index in [2.05, 4.69) is 36.4 Å². The molecule has 2 rings (SSSR count). The zero-order valence-electron chi connectivity index (χ0n) is 9.14. The van der Waals surface area contributed by atoms with Crippen molar-refractivity contribution in [1.82, 2.24) is 0 Å². The van der Waals surface area contributed by atoms with Crippen LogP contribution in [-0.4, -0.2) is 0 Å². The minimum Gasteiger partial charge on any atom is -0.404 e. The van der Waals surface area contributed by atoms with E-state index in [9.17, 15) is 0 Å². The molecule has 0 aliphatic carbocycles. The van der Waals surface area contributed by atoms with E-state index in [0.29, 0.717) is 0 Å². The van der Waals surface area contributed by atoms with Gasteiger partial charge in [-0.25, -0.2) is 0 Å². The van der Waals surface area contributed by atoms with Crippen molar-refractivity contribution in [3.8, 4) is 0 Å². The van der Waals surface area contributed by atoms with Crippen LogP contribution in [0.15, 0.2) is 66.9 Å². The highest BCUT2D eigenvalue weighted by molar-refractivity contribution is 5.67. The van der Waals surface area contributed by atoms with E-state index in [4.69, 9.17) is 5.73 Å². The van der Waals surface area contributed by atoms with Crippen molar-refractivity contribution >= 4 is 5.57 Å². The van der Waals surface area contributed by atoms with Crippen LogP contribution < -0.4 is 5.73 Å². The molecule has 2 N–H and O–H groups in total. The van der Waals surface area contributed by atoms with Gasteiger partial charge in [0.25, 0.3) is 0 Å². The first-order valence-electron chi connectivity index (χ1n) is 5.40. The molecule has 0 bridgehead atoms. The highest BCUT2D eigenvalue weighted by atomic mass is 14.5. The van der Waals surface area contributed by atoms with Gasteiger partial charge in [0, 0.05) is 0 Å². The van der Waals surface area contributed by atoms with Crippen molar-refractivity contribution in [3.63, 3.8) is 0 Å². The summed E-state index contributed by atoms with van der Waals surface area (Å²) in [6.07, 6.45) is 2.57. The second-order valence-corrected chi connectivity index (χ2v) is 3.72. The highest BCUT2D eigenvalue weighted by Crippen LogP contribution is 2.18. The number of hydrogen-bond acceptors (Lipinski definition) is 1. The maximum atomic E-state index is 5.69. The van der Waals surface area contributed by atoms with Gasteiger partial charge < -0.3 is 5.73 Å². The third-order valence-corrected chi connectivity index (χ3v) is 2.58. The molecule has 80 valence electrons. The number of rotatable bonds is 3. The second kappa shape index (κ2) is 5.17. The van der Waals surface area contributed by atoms with Crippen LogP contribution in [0.5, 0.6) is 0 Å². The smallest absolute Gasteiger partial charge is 0.000561 e. The summed E-state index contributed by atoms with van der Waals surface area (Å²) in [7, 11) is 0. The van der Waals surface area contributed by atoms with Crippen LogP contribution in [0.4, 0.5) is 0 Å². The third-order valence-electron chi connectivity index (χ3n) is 2.58. The average molecular weight is 209 g/mol. The Morgan fingerprint density at radius 1 is 0.875 bits per heavy atom. The molecule has 0 aliphatic rings. The average Bonchev–Trinajstić information content (AvgIpc) is 2.38. The van der Waals surface area contributed by atoms with Crippen molar-refractivity contribution in [2.45, 2.75) is 6.42 Å². The van der Waals surface area contributed by atoms with Crippen LogP contribution >= 0.6 is 0 Å². The van der Waals surface area contributed by atoms with Crippen LogP contribution in [0, 0.1) is 0 Å². The van der Waals surface area contributed by atoms with E-state index in [0.717, 1.165) is 12.0 Å². The number of hydrogen-bond donors (Lipinski definition) is 1. The van der Waals surface area contributed by atoms with Gasteiger partial charge >= 0.3 is 0 Å². The summed E-state index contributed by atoms with van der Waals surface area (Å²) >= 11 is 0. The lowest BCUT2D eigenvalue weighted by atomic mass is 9.99. The van der Waals surface area contributed by atoms with E-state index in [1.165, 1.54) is 11.1 Å². The molecule has 0 aromatic heterocycles. The van der Waals surface area contributed by atoms with Gasteiger partial charge in [-0.15, -0.1) is 0 Å². The first-order chi connectivity index (χ1) is 7.90. The zero-order valence-corrected chi connectivity index (χ0v) is 9.14. The van der Waals surface area contributed by atoms with Gasteiger partial charge in [-0.1, -0.05) is 60.7 Å². The van der Waals surface area contributed by atoms with Gasteiger partial charge in [0.1, 0.15) is 0 Å². The van der Waals surface area contributed by atoms with Gasteiger partial charge in [-0.2, -0.15) is 0 Å². The molecule has 0 amide bonds. The summed E-state index contributed by atoms with van der Waals surface area (Å²) in [6, 6.07) is 20.6. The molecule has 1 nitrogen and oxygen atoms in total. The Bertz CT molecular complexity index is 457. The molecule has 0 saturated carbocycles. The summed E-state index contributed by atoms with van der Waals surface area (Å²) in [4.78, 5) is 0. The van der Waals surface area contributed by atoms with Crippen LogP contribution in [-0.2, 0) is 6.42 Å². The van der Waals surface area contributed by atoms with Crippen molar-refractivity contribution < 1.29 is 0 Å². The maximum absolute atomic E-state index is 5.69. The third kappa shape index (κ3) is 2.51. The first kappa shape index (κ1) is 10.5. The van der Waals surface area contributed by atoms with Gasteiger partial charge in [-0.05, 0) is 29.3 Å². The SMILES string of the molecule is NC=C(Cc1ccccc1)c1ccccc1. The fourth-order valence-electron chi connectivity index (χ4n) is 1.73. The van der Waals surface area contributed by atoms with E-state index >= 15 is 0 Å². The molecular weight excluding hydrogens is 194 g/mol. The molecule has 0 unspecified atom stereocenters.